The minimum atomic E-state index is -0.484. The maximum atomic E-state index is 13.8. The molecule has 0 saturated heterocycles. The molecule has 3 aromatic rings. The molecule has 0 unspecified atom stereocenters. The fourth-order valence-corrected chi connectivity index (χ4v) is 2.90. The molecular weight excluding hydrogens is 359 g/mol. The summed E-state index contributed by atoms with van der Waals surface area (Å²) >= 11 is 0. The average Bonchev–Trinajstić information content (AvgIpc) is 2.68. The van der Waals surface area contributed by atoms with Gasteiger partial charge in [-0.3, -0.25) is 14.6 Å². The first-order valence-corrected chi connectivity index (χ1v) is 8.98. The molecule has 7 heteroatoms. The molecule has 0 aliphatic rings. The zero-order chi connectivity index (χ0) is 20.1. The molecule has 2 N–H and O–H groups in total. The van der Waals surface area contributed by atoms with Crippen molar-refractivity contribution in [3.63, 3.8) is 0 Å². The van der Waals surface area contributed by atoms with Crippen LogP contribution in [-0.2, 0) is 11.2 Å². The van der Waals surface area contributed by atoms with Crippen molar-refractivity contribution in [1.29, 1.82) is 0 Å². The van der Waals surface area contributed by atoms with Gasteiger partial charge in [0.05, 0.1) is 18.2 Å². The molecule has 6 nitrogen and oxygen atoms in total. The first-order chi connectivity index (χ1) is 13.4. The van der Waals surface area contributed by atoms with Crippen LogP contribution in [0.1, 0.15) is 31.1 Å². The van der Waals surface area contributed by atoms with Crippen LogP contribution in [0.3, 0.4) is 0 Å². The van der Waals surface area contributed by atoms with Crippen LogP contribution < -0.4 is 10.9 Å². The van der Waals surface area contributed by atoms with Crippen molar-refractivity contribution in [2.45, 2.75) is 26.3 Å². The third-order valence-corrected chi connectivity index (χ3v) is 4.33. The largest absolute Gasteiger partial charge is 0.347 e. The van der Waals surface area contributed by atoms with Gasteiger partial charge in [0.15, 0.2) is 0 Å². The molecule has 0 spiro atoms. The number of hydrogen-bond donors (Lipinski definition) is 2. The molecular formula is C21H21FN4O2. The van der Waals surface area contributed by atoms with Gasteiger partial charge in [0.25, 0.3) is 5.56 Å². The summed E-state index contributed by atoms with van der Waals surface area (Å²) in [4.78, 5) is 35.8. The predicted molar refractivity (Wildman–Crippen MR) is 104 cm³/mol. The van der Waals surface area contributed by atoms with Crippen molar-refractivity contribution in [2.24, 2.45) is 5.92 Å². The van der Waals surface area contributed by atoms with Crippen molar-refractivity contribution in [2.75, 3.05) is 0 Å². The quantitative estimate of drug-likeness (QED) is 0.688. The topological polar surface area (TPSA) is 87.7 Å². The Morgan fingerprint density at radius 3 is 2.57 bits per heavy atom. The van der Waals surface area contributed by atoms with Gasteiger partial charge in [-0.05, 0) is 29.7 Å². The molecule has 1 atom stereocenters. The molecule has 0 saturated carbocycles. The van der Waals surface area contributed by atoms with Crippen LogP contribution in [0, 0.1) is 11.7 Å². The lowest BCUT2D eigenvalue weighted by Crippen LogP contribution is -2.34. The first kappa shape index (κ1) is 19.4. The van der Waals surface area contributed by atoms with E-state index in [1.54, 1.807) is 42.7 Å². The summed E-state index contributed by atoms with van der Waals surface area (Å²) in [6.45, 7) is 3.84. The van der Waals surface area contributed by atoms with E-state index < -0.39 is 11.9 Å². The van der Waals surface area contributed by atoms with Gasteiger partial charge in [-0.25, -0.2) is 9.37 Å². The van der Waals surface area contributed by atoms with Crippen LogP contribution in [0.25, 0.3) is 11.4 Å². The lowest BCUT2D eigenvalue weighted by atomic mass is 9.99. The van der Waals surface area contributed by atoms with Crippen molar-refractivity contribution in [1.82, 2.24) is 20.3 Å². The Kier molecular flexibility index (Phi) is 5.93. The van der Waals surface area contributed by atoms with Crippen molar-refractivity contribution in [3.05, 3.63) is 82.3 Å². The van der Waals surface area contributed by atoms with Crippen molar-refractivity contribution in [3.8, 4) is 11.4 Å². The van der Waals surface area contributed by atoms with Gasteiger partial charge >= 0.3 is 0 Å². The summed E-state index contributed by atoms with van der Waals surface area (Å²) in [5, 5.41) is 2.88. The highest BCUT2D eigenvalue weighted by atomic mass is 19.1. The number of pyridine rings is 1. The van der Waals surface area contributed by atoms with E-state index in [4.69, 9.17) is 0 Å². The maximum absolute atomic E-state index is 13.8. The number of rotatable bonds is 6. The molecule has 0 bridgehead atoms. The van der Waals surface area contributed by atoms with Crippen LogP contribution in [0.5, 0.6) is 0 Å². The van der Waals surface area contributed by atoms with E-state index in [-0.39, 0.29) is 23.8 Å². The third kappa shape index (κ3) is 4.68. The van der Waals surface area contributed by atoms with Crippen LogP contribution in [0.4, 0.5) is 4.39 Å². The number of hydrogen-bond acceptors (Lipinski definition) is 4. The Labute approximate surface area is 161 Å². The highest BCUT2D eigenvalue weighted by molar-refractivity contribution is 5.79. The zero-order valence-corrected chi connectivity index (χ0v) is 15.6. The van der Waals surface area contributed by atoms with Crippen LogP contribution >= 0.6 is 0 Å². The lowest BCUT2D eigenvalue weighted by Gasteiger charge is -2.22. The Hall–Kier alpha value is -3.35. The minimum absolute atomic E-state index is 0.0239. The number of aromatic nitrogens is 3. The Morgan fingerprint density at radius 2 is 1.89 bits per heavy atom. The molecule has 3 rings (SSSR count). The van der Waals surface area contributed by atoms with E-state index in [1.807, 2.05) is 13.8 Å². The van der Waals surface area contributed by atoms with Crippen molar-refractivity contribution < 1.29 is 9.18 Å². The normalized spacial score (nSPS) is 12.0. The molecule has 28 heavy (non-hydrogen) atoms. The van der Waals surface area contributed by atoms with E-state index in [2.05, 4.69) is 20.3 Å². The van der Waals surface area contributed by atoms with E-state index in [9.17, 15) is 14.0 Å². The minimum Gasteiger partial charge on any atom is -0.347 e. The Morgan fingerprint density at radius 1 is 1.18 bits per heavy atom. The molecule has 1 amide bonds. The second kappa shape index (κ2) is 8.56. The fourth-order valence-electron chi connectivity index (χ4n) is 2.90. The smallest absolute Gasteiger partial charge is 0.251 e. The summed E-state index contributed by atoms with van der Waals surface area (Å²) in [6.07, 6.45) is 3.13. The SMILES string of the molecule is CC(C)[C@H](NC(=O)Cc1ccccc1F)c1cc(=O)[nH]c(-c2ccncc2)n1. The van der Waals surface area contributed by atoms with Crippen LogP contribution in [0.15, 0.2) is 59.7 Å². The van der Waals surface area contributed by atoms with Crippen molar-refractivity contribution >= 4 is 5.91 Å². The van der Waals surface area contributed by atoms with Gasteiger partial charge in [-0.15, -0.1) is 0 Å². The highest BCUT2D eigenvalue weighted by Crippen LogP contribution is 2.21. The van der Waals surface area contributed by atoms with Gasteiger partial charge in [-0.2, -0.15) is 0 Å². The molecule has 1 aromatic carbocycles. The fraction of sp³-hybridized carbons (Fsp3) is 0.238. The summed E-state index contributed by atoms with van der Waals surface area (Å²) in [5.74, 6) is -0.382. The Balaban J connectivity index is 1.86. The van der Waals surface area contributed by atoms with Gasteiger partial charge in [0.2, 0.25) is 5.91 Å². The molecule has 2 aromatic heterocycles. The van der Waals surface area contributed by atoms with Gasteiger partial charge in [0, 0.05) is 24.0 Å². The summed E-state index contributed by atoms with van der Waals surface area (Å²) < 4.78 is 13.8. The van der Waals surface area contributed by atoms with Crippen LogP contribution in [-0.4, -0.2) is 20.9 Å². The number of halogens is 1. The molecule has 0 aliphatic carbocycles. The summed E-state index contributed by atoms with van der Waals surface area (Å²) in [6, 6.07) is 10.5. The molecule has 0 aliphatic heterocycles. The first-order valence-electron chi connectivity index (χ1n) is 8.98. The van der Waals surface area contributed by atoms with Crippen LogP contribution in [0.2, 0.25) is 0 Å². The summed E-state index contributed by atoms with van der Waals surface area (Å²) in [5.41, 5.74) is 1.17. The standard InChI is InChI=1S/C21H21FN4O2/c1-13(2)20(25-18(27)11-15-5-3-4-6-16(15)22)17-12-19(28)26-21(24-17)14-7-9-23-10-8-14/h3-10,12-13,20H,11H2,1-2H3,(H,25,27)(H,24,26,28)/t20-/m0/s1. The van der Waals surface area contributed by atoms with E-state index in [0.717, 1.165) is 0 Å². The van der Waals surface area contributed by atoms with E-state index in [1.165, 1.54) is 12.1 Å². The molecule has 0 fully saturated rings. The third-order valence-electron chi connectivity index (χ3n) is 4.33. The number of nitrogens with one attached hydrogen (secondary N) is 2. The molecule has 0 radical (unpaired) electrons. The predicted octanol–water partition coefficient (Wildman–Crippen LogP) is 3.03. The second-order valence-corrected chi connectivity index (χ2v) is 6.81. The van der Waals surface area contributed by atoms with Gasteiger partial charge < -0.3 is 10.3 Å². The number of aromatic amines is 1. The number of benzene rings is 1. The Bertz CT molecular complexity index is 1020. The maximum Gasteiger partial charge on any atom is 0.251 e. The molecule has 2 heterocycles. The number of carbonyl (C=O) groups excluding carboxylic acids is 1. The monoisotopic (exact) mass is 380 g/mol. The zero-order valence-electron chi connectivity index (χ0n) is 15.6. The lowest BCUT2D eigenvalue weighted by molar-refractivity contribution is -0.121. The van der Waals surface area contributed by atoms with E-state index >= 15 is 0 Å². The second-order valence-electron chi connectivity index (χ2n) is 6.81. The van der Waals surface area contributed by atoms with E-state index in [0.29, 0.717) is 22.6 Å². The van der Waals surface area contributed by atoms with Gasteiger partial charge in [0.1, 0.15) is 11.6 Å². The number of H-pyrrole nitrogens is 1. The van der Waals surface area contributed by atoms with Gasteiger partial charge in [-0.1, -0.05) is 32.0 Å². The number of amides is 1. The number of nitrogens with zero attached hydrogens (tertiary/aromatic N) is 2. The highest BCUT2D eigenvalue weighted by Gasteiger charge is 2.22. The number of carbonyl (C=O) groups is 1. The average molecular weight is 380 g/mol. The summed E-state index contributed by atoms with van der Waals surface area (Å²) in [7, 11) is 0. The molecule has 144 valence electrons.